The third kappa shape index (κ3) is 5.45. The van der Waals surface area contributed by atoms with E-state index in [0.29, 0.717) is 35.6 Å². The Morgan fingerprint density at radius 3 is 2.69 bits per heavy atom. The van der Waals surface area contributed by atoms with Gasteiger partial charge >= 0.3 is 5.97 Å². The minimum atomic E-state index is -0.596. The second-order valence-corrected chi connectivity index (χ2v) is 12.8. The van der Waals surface area contributed by atoms with Crippen molar-refractivity contribution in [1.29, 1.82) is 0 Å². The molecular formula is C34H43N3O5. The van der Waals surface area contributed by atoms with Crippen LogP contribution in [-0.4, -0.2) is 59.1 Å². The highest BCUT2D eigenvalue weighted by atomic mass is 16.5. The summed E-state index contributed by atoms with van der Waals surface area (Å²) in [5.41, 5.74) is 2.22. The Hall–Kier alpha value is -3.62. The predicted octanol–water partition coefficient (Wildman–Crippen LogP) is 5.29. The van der Waals surface area contributed by atoms with E-state index < -0.39 is 23.5 Å². The first-order chi connectivity index (χ1) is 20.0. The molecule has 2 aromatic rings. The van der Waals surface area contributed by atoms with E-state index in [-0.39, 0.29) is 29.6 Å². The number of benzene rings is 1. The second-order valence-electron chi connectivity index (χ2n) is 12.8. The molecule has 0 amide bonds. The van der Waals surface area contributed by atoms with Crippen molar-refractivity contribution in [2.24, 2.45) is 22.7 Å². The Morgan fingerprint density at radius 2 is 2.02 bits per heavy atom. The standard InChI is InChI=1S/C34H43N3O5/c1-21-9-12-29-33(2,14-13-30(40)34(29,3)20-38)26(21)19-27(36-31-8-6-7-15-35-31)25-18-24(42-32(25)41)16-22-10-11-23(37(4)5)17-28(22)39/h6-8,10-11,15-18,26-27,29-30,38-40H,1,9,12-14,19-20H2,2-5H3,(H,35,36)/b24-16+/t26?,27?,29?,30-,33-,34+/m1/s1. The number of allylic oxidation sites excluding steroid dienone is 2. The van der Waals surface area contributed by atoms with E-state index in [2.05, 4.69) is 23.8 Å². The van der Waals surface area contributed by atoms with Crippen LogP contribution in [0.25, 0.3) is 6.08 Å². The molecule has 1 aromatic carbocycles. The van der Waals surface area contributed by atoms with Crippen molar-refractivity contribution in [3.63, 3.8) is 0 Å². The Bertz CT molecular complexity index is 1400. The van der Waals surface area contributed by atoms with Crippen LogP contribution in [-0.2, 0) is 9.53 Å². The lowest BCUT2D eigenvalue weighted by atomic mass is 9.46. The zero-order valence-electron chi connectivity index (χ0n) is 25.0. The van der Waals surface area contributed by atoms with E-state index in [1.54, 1.807) is 30.5 Å². The number of nitrogens with one attached hydrogen (secondary N) is 1. The largest absolute Gasteiger partial charge is 0.507 e. The van der Waals surface area contributed by atoms with Crippen LogP contribution in [0.15, 0.2) is 72.2 Å². The van der Waals surface area contributed by atoms with Gasteiger partial charge in [-0.3, -0.25) is 0 Å². The van der Waals surface area contributed by atoms with Gasteiger partial charge < -0.3 is 30.3 Å². The van der Waals surface area contributed by atoms with E-state index in [1.807, 2.05) is 50.2 Å². The van der Waals surface area contributed by atoms with Crippen molar-refractivity contribution in [3.8, 4) is 5.75 Å². The average Bonchev–Trinajstić information content (AvgIpc) is 3.33. The molecule has 2 heterocycles. The quantitative estimate of drug-likeness (QED) is 0.249. The number of esters is 1. The third-order valence-electron chi connectivity index (χ3n) is 10.1. The van der Waals surface area contributed by atoms with Crippen molar-refractivity contribution < 1.29 is 24.9 Å². The first kappa shape index (κ1) is 29.9. The van der Waals surface area contributed by atoms with Gasteiger partial charge in [0.05, 0.1) is 24.3 Å². The van der Waals surface area contributed by atoms with Crippen LogP contribution in [0.4, 0.5) is 11.5 Å². The molecule has 6 atom stereocenters. The number of phenolic OH excluding ortho intramolecular Hbond substituents is 1. The minimum absolute atomic E-state index is 0.0418. The number of phenols is 1. The van der Waals surface area contributed by atoms with Gasteiger partial charge in [-0.05, 0) is 85.8 Å². The van der Waals surface area contributed by atoms with Gasteiger partial charge in [0.15, 0.2) is 0 Å². The van der Waals surface area contributed by atoms with Crippen molar-refractivity contribution in [2.75, 3.05) is 30.9 Å². The Kier molecular flexibility index (Phi) is 8.23. The monoisotopic (exact) mass is 573 g/mol. The molecule has 224 valence electrons. The van der Waals surface area contributed by atoms with Crippen LogP contribution in [0.3, 0.4) is 0 Å². The molecule has 8 nitrogen and oxygen atoms in total. The lowest BCUT2D eigenvalue weighted by Gasteiger charge is -2.60. The maximum absolute atomic E-state index is 13.4. The number of carbonyl (C=O) groups is 1. The fraction of sp³-hybridized carbons (Fsp3) is 0.471. The maximum atomic E-state index is 13.4. The fourth-order valence-electron chi connectivity index (χ4n) is 7.57. The topological polar surface area (TPSA) is 115 Å². The second kappa shape index (κ2) is 11.6. The summed E-state index contributed by atoms with van der Waals surface area (Å²) in [5.74, 6) is 0.807. The minimum Gasteiger partial charge on any atom is -0.507 e. The van der Waals surface area contributed by atoms with Crippen LogP contribution in [0.5, 0.6) is 5.75 Å². The fourth-order valence-corrected chi connectivity index (χ4v) is 7.57. The van der Waals surface area contributed by atoms with Gasteiger partial charge in [-0.1, -0.05) is 32.1 Å². The van der Waals surface area contributed by atoms with Crippen molar-refractivity contribution in [3.05, 3.63) is 77.7 Å². The lowest BCUT2D eigenvalue weighted by molar-refractivity contribution is -0.152. The summed E-state index contributed by atoms with van der Waals surface area (Å²) in [6, 6.07) is 10.5. The molecule has 8 heteroatoms. The molecule has 2 saturated carbocycles. The van der Waals surface area contributed by atoms with Gasteiger partial charge in [0.25, 0.3) is 0 Å². The highest BCUT2D eigenvalue weighted by Gasteiger charge is 2.58. The van der Waals surface area contributed by atoms with Crippen LogP contribution in [0.2, 0.25) is 0 Å². The Morgan fingerprint density at radius 1 is 1.24 bits per heavy atom. The zero-order chi connectivity index (χ0) is 30.2. The summed E-state index contributed by atoms with van der Waals surface area (Å²) >= 11 is 0. The van der Waals surface area contributed by atoms with Crippen molar-refractivity contribution >= 4 is 23.6 Å². The number of ether oxygens (including phenoxy) is 1. The maximum Gasteiger partial charge on any atom is 0.341 e. The van der Waals surface area contributed by atoms with Crippen LogP contribution in [0, 0.1) is 22.7 Å². The van der Waals surface area contributed by atoms with Crippen LogP contribution < -0.4 is 10.2 Å². The number of nitrogens with zero attached hydrogens (tertiary/aromatic N) is 2. The molecule has 1 aliphatic heterocycles. The molecular weight excluding hydrogens is 530 g/mol. The molecule has 2 aliphatic carbocycles. The molecule has 0 saturated heterocycles. The molecule has 0 radical (unpaired) electrons. The Balaban J connectivity index is 1.50. The first-order valence-corrected chi connectivity index (χ1v) is 14.8. The van der Waals surface area contributed by atoms with Crippen molar-refractivity contribution in [1.82, 2.24) is 4.98 Å². The molecule has 2 fully saturated rings. The average molecular weight is 574 g/mol. The van der Waals surface area contributed by atoms with E-state index in [9.17, 15) is 20.1 Å². The number of rotatable bonds is 8. The number of carbonyl (C=O) groups excluding carboxylic acids is 1. The van der Waals surface area contributed by atoms with Gasteiger partial charge in [-0.25, -0.2) is 9.78 Å². The van der Waals surface area contributed by atoms with E-state index in [4.69, 9.17) is 4.74 Å². The first-order valence-electron chi connectivity index (χ1n) is 14.8. The normalized spacial score (nSPS) is 30.9. The number of fused-ring (bicyclic) bond motifs is 1. The number of hydrogen-bond acceptors (Lipinski definition) is 8. The van der Waals surface area contributed by atoms with Gasteiger partial charge in [-0.15, -0.1) is 0 Å². The molecule has 42 heavy (non-hydrogen) atoms. The number of hydrogen-bond donors (Lipinski definition) is 4. The van der Waals surface area contributed by atoms with Crippen LogP contribution >= 0.6 is 0 Å². The van der Waals surface area contributed by atoms with Gasteiger partial charge in [-0.2, -0.15) is 0 Å². The number of aromatic hydroxyl groups is 1. The number of pyridine rings is 1. The van der Waals surface area contributed by atoms with Gasteiger partial charge in [0.1, 0.15) is 17.3 Å². The number of cyclic esters (lactones) is 1. The number of aliphatic hydroxyl groups excluding tert-OH is 2. The summed E-state index contributed by atoms with van der Waals surface area (Å²) in [6.45, 7) is 8.68. The molecule has 4 N–H and O–H groups in total. The molecule has 3 unspecified atom stereocenters. The van der Waals surface area contributed by atoms with E-state index in [1.165, 1.54) is 0 Å². The van der Waals surface area contributed by atoms with Gasteiger partial charge in [0, 0.05) is 43.0 Å². The molecule has 1 aromatic heterocycles. The Labute approximate surface area is 248 Å². The highest BCUT2D eigenvalue weighted by molar-refractivity contribution is 5.95. The highest BCUT2D eigenvalue weighted by Crippen LogP contribution is 2.62. The van der Waals surface area contributed by atoms with Crippen LogP contribution in [0.1, 0.15) is 51.5 Å². The smallest absolute Gasteiger partial charge is 0.341 e. The van der Waals surface area contributed by atoms with Gasteiger partial charge in [0.2, 0.25) is 0 Å². The zero-order valence-corrected chi connectivity index (χ0v) is 25.0. The summed E-state index contributed by atoms with van der Waals surface area (Å²) in [4.78, 5) is 19.7. The molecule has 5 rings (SSSR count). The molecule has 0 spiro atoms. The van der Waals surface area contributed by atoms with Crippen molar-refractivity contribution in [2.45, 2.75) is 58.1 Å². The molecule has 0 bridgehead atoms. The summed E-state index contributed by atoms with van der Waals surface area (Å²) in [7, 11) is 3.80. The summed E-state index contributed by atoms with van der Waals surface area (Å²) in [5, 5.41) is 35.4. The lowest BCUT2D eigenvalue weighted by Crippen LogP contribution is -2.58. The number of aromatic nitrogens is 1. The SMILES string of the molecule is C=C1CCC2[C@](C)(CC[C@@H](O)[C@@]2(C)CO)C1CC(Nc1ccccn1)C1=C/C(=C\c2ccc(N(C)C)cc2O)OC1=O. The summed E-state index contributed by atoms with van der Waals surface area (Å²) < 4.78 is 5.70. The third-order valence-corrected chi connectivity index (χ3v) is 10.1. The van der Waals surface area contributed by atoms with E-state index >= 15 is 0 Å². The summed E-state index contributed by atoms with van der Waals surface area (Å²) in [6.07, 6.45) is 8.24. The number of anilines is 2. The number of aliphatic hydroxyl groups is 2. The molecule has 3 aliphatic rings. The van der Waals surface area contributed by atoms with E-state index in [0.717, 1.165) is 30.5 Å². The predicted molar refractivity (Wildman–Crippen MR) is 165 cm³/mol.